The van der Waals surface area contributed by atoms with Crippen molar-refractivity contribution in [2.45, 2.75) is 64.8 Å². The highest BCUT2D eigenvalue weighted by Gasteiger charge is 2.21. The smallest absolute Gasteiger partial charge is 0.220 e. The minimum Gasteiger partial charge on any atom is -0.356 e. The minimum absolute atomic E-state index is 0.154. The molecule has 0 radical (unpaired) electrons. The van der Waals surface area contributed by atoms with Crippen LogP contribution >= 0.6 is 0 Å². The van der Waals surface area contributed by atoms with Gasteiger partial charge in [0.2, 0.25) is 5.91 Å². The molecule has 0 aromatic carbocycles. The Balaban J connectivity index is 2.19. The minimum atomic E-state index is -0.241. The van der Waals surface area contributed by atoms with E-state index < -0.39 is 0 Å². The summed E-state index contributed by atoms with van der Waals surface area (Å²) in [6, 6.07) is 0. The molecule has 1 saturated carbocycles. The van der Waals surface area contributed by atoms with Crippen LogP contribution in [0.15, 0.2) is 0 Å². The largest absolute Gasteiger partial charge is 0.356 e. The zero-order chi connectivity index (χ0) is 12.9. The molecule has 1 aliphatic carbocycles. The van der Waals surface area contributed by atoms with E-state index in [4.69, 9.17) is 5.73 Å². The predicted molar refractivity (Wildman–Crippen MR) is 71.6 cm³/mol. The van der Waals surface area contributed by atoms with E-state index in [0.717, 1.165) is 18.9 Å². The Kier molecular flexibility index (Phi) is 5.44. The molecule has 1 aliphatic rings. The van der Waals surface area contributed by atoms with Crippen LogP contribution in [-0.4, -0.2) is 18.0 Å². The van der Waals surface area contributed by atoms with Gasteiger partial charge < -0.3 is 11.1 Å². The van der Waals surface area contributed by atoms with Crippen molar-refractivity contribution < 1.29 is 4.79 Å². The average molecular weight is 240 g/mol. The Morgan fingerprint density at radius 1 is 1.35 bits per heavy atom. The summed E-state index contributed by atoms with van der Waals surface area (Å²) < 4.78 is 0. The van der Waals surface area contributed by atoms with E-state index in [-0.39, 0.29) is 11.4 Å². The van der Waals surface area contributed by atoms with Crippen molar-refractivity contribution in [1.82, 2.24) is 5.32 Å². The highest BCUT2D eigenvalue weighted by atomic mass is 16.1. The van der Waals surface area contributed by atoms with E-state index in [1.54, 1.807) is 0 Å². The van der Waals surface area contributed by atoms with Crippen LogP contribution in [0, 0.1) is 11.8 Å². The zero-order valence-corrected chi connectivity index (χ0v) is 11.6. The van der Waals surface area contributed by atoms with Crippen molar-refractivity contribution in [2.75, 3.05) is 6.54 Å². The van der Waals surface area contributed by atoms with E-state index >= 15 is 0 Å². The number of hydrogen-bond acceptors (Lipinski definition) is 2. The SMILES string of the molecule is CC1CCCCC1CNC(=O)CCC(C)(C)N. The molecule has 3 N–H and O–H groups in total. The second-order valence-electron chi connectivity index (χ2n) is 6.31. The van der Waals surface area contributed by atoms with E-state index in [0.29, 0.717) is 12.3 Å². The molecule has 2 unspecified atom stereocenters. The summed E-state index contributed by atoms with van der Waals surface area (Å²) in [7, 11) is 0. The van der Waals surface area contributed by atoms with Crippen molar-refractivity contribution in [2.24, 2.45) is 17.6 Å². The molecule has 0 aliphatic heterocycles. The van der Waals surface area contributed by atoms with Crippen LogP contribution < -0.4 is 11.1 Å². The molecule has 0 spiro atoms. The molecule has 3 heteroatoms. The summed E-state index contributed by atoms with van der Waals surface area (Å²) in [5.74, 6) is 1.59. The lowest BCUT2D eigenvalue weighted by Gasteiger charge is -2.29. The Morgan fingerprint density at radius 2 is 2.00 bits per heavy atom. The van der Waals surface area contributed by atoms with Crippen LogP contribution in [0.25, 0.3) is 0 Å². The fraction of sp³-hybridized carbons (Fsp3) is 0.929. The third-order valence-electron chi connectivity index (χ3n) is 3.85. The van der Waals surface area contributed by atoms with Gasteiger partial charge in [0, 0.05) is 18.5 Å². The van der Waals surface area contributed by atoms with Crippen LogP contribution in [0.5, 0.6) is 0 Å². The first-order valence-electron chi connectivity index (χ1n) is 6.94. The molecule has 17 heavy (non-hydrogen) atoms. The quantitative estimate of drug-likeness (QED) is 0.775. The Bertz CT molecular complexity index is 245. The maximum atomic E-state index is 11.7. The maximum Gasteiger partial charge on any atom is 0.220 e. The van der Waals surface area contributed by atoms with Crippen molar-refractivity contribution in [3.8, 4) is 0 Å². The molecule has 0 heterocycles. The number of nitrogens with one attached hydrogen (secondary N) is 1. The van der Waals surface area contributed by atoms with Gasteiger partial charge in [-0.3, -0.25) is 4.79 Å². The van der Waals surface area contributed by atoms with Crippen molar-refractivity contribution in [3.05, 3.63) is 0 Å². The molecule has 0 bridgehead atoms. The highest BCUT2D eigenvalue weighted by Crippen LogP contribution is 2.28. The van der Waals surface area contributed by atoms with Crippen LogP contribution in [0.3, 0.4) is 0 Å². The van der Waals surface area contributed by atoms with Gasteiger partial charge in [-0.05, 0) is 38.5 Å². The fourth-order valence-electron chi connectivity index (χ4n) is 2.47. The second-order valence-corrected chi connectivity index (χ2v) is 6.31. The number of nitrogens with two attached hydrogens (primary N) is 1. The fourth-order valence-corrected chi connectivity index (χ4v) is 2.47. The summed E-state index contributed by atoms with van der Waals surface area (Å²) in [6.45, 7) is 7.08. The average Bonchev–Trinajstić information content (AvgIpc) is 2.24. The number of carbonyl (C=O) groups excluding carboxylic acids is 1. The van der Waals surface area contributed by atoms with Crippen molar-refractivity contribution >= 4 is 5.91 Å². The van der Waals surface area contributed by atoms with Crippen LogP contribution in [0.4, 0.5) is 0 Å². The summed E-state index contributed by atoms with van der Waals surface area (Å²) in [5.41, 5.74) is 5.62. The Hall–Kier alpha value is -0.570. The van der Waals surface area contributed by atoms with Gasteiger partial charge in [-0.1, -0.05) is 26.2 Å². The molecular weight excluding hydrogens is 212 g/mol. The first-order valence-corrected chi connectivity index (χ1v) is 6.94. The summed E-state index contributed by atoms with van der Waals surface area (Å²) in [5, 5.41) is 3.06. The van der Waals surface area contributed by atoms with Gasteiger partial charge in [0.1, 0.15) is 0 Å². The molecule has 2 atom stereocenters. The van der Waals surface area contributed by atoms with Crippen molar-refractivity contribution in [1.29, 1.82) is 0 Å². The standard InChI is InChI=1S/C14H28N2O/c1-11-6-4-5-7-12(11)10-16-13(17)8-9-14(2,3)15/h11-12H,4-10,15H2,1-3H3,(H,16,17). The van der Waals surface area contributed by atoms with E-state index in [2.05, 4.69) is 12.2 Å². The number of rotatable bonds is 5. The summed E-state index contributed by atoms with van der Waals surface area (Å²) >= 11 is 0. The van der Waals surface area contributed by atoms with E-state index in [1.165, 1.54) is 25.7 Å². The third kappa shape index (κ3) is 6.06. The van der Waals surface area contributed by atoms with Crippen LogP contribution in [0.1, 0.15) is 59.3 Å². The highest BCUT2D eigenvalue weighted by molar-refractivity contribution is 5.75. The Labute approximate surface area is 106 Å². The van der Waals surface area contributed by atoms with Gasteiger partial charge in [-0.15, -0.1) is 0 Å². The van der Waals surface area contributed by atoms with Gasteiger partial charge in [-0.2, -0.15) is 0 Å². The lowest BCUT2D eigenvalue weighted by atomic mass is 9.80. The van der Waals surface area contributed by atoms with Gasteiger partial charge in [0.15, 0.2) is 0 Å². The van der Waals surface area contributed by atoms with Gasteiger partial charge in [-0.25, -0.2) is 0 Å². The molecule has 1 amide bonds. The van der Waals surface area contributed by atoms with Gasteiger partial charge >= 0.3 is 0 Å². The first-order chi connectivity index (χ1) is 7.88. The van der Waals surface area contributed by atoms with Crippen molar-refractivity contribution in [3.63, 3.8) is 0 Å². The number of carbonyl (C=O) groups is 1. The first kappa shape index (κ1) is 14.5. The van der Waals surface area contributed by atoms with Gasteiger partial charge in [0.05, 0.1) is 0 Å². The normalized spacial score (nSPS) is 25.6. The van der Waals surface area contributed by atoms with Crippen LogP contribution in [0.2, 0.25) is 0 Å². The number of hydrogen-bond donors (Lipinski definition) is 2. The molecule has 0 aromatic heterocycles. The molecule has 0 saturated heterocycles. The number of amides is 1. The Morgan fingerprint density at radius 3 is 2.59 bits per heavy atom. The molecule has 3 nitrogen and oxygen atoms in total. The zero-order valence-electron chi connectivity index (χ0n) is 11.6. The molecule has 100 valence electrons. The summed E-state index contributed by atoms with van der Waals surface area (Å²) in [4.78, 5) is 11.7. The summed E-state index contributed by atoms with van der Waals surface area (Å²) in [6.07, 6.45) is 6.55. The molecule has 0 aromatic rings. The second kappa shape index (κ2) is 6.39. The third-order valence-corrected chi connectivity index (χ3v) is 3.85. The lowest BCUT2D eigenvalue weighted by molar-refractivity contribution is -0.121. The monoisotopic (exact) mass is 240 g/mol. The molecule has 1 rings (SSSR count). The maximum absolute atomic E-state index is 11.7. The van der Waals surface area contributed by atoms with Gasteiger partial charge in [0.25, 0.3) is 0 Å². The topological polar surface area (TPSA) is 55.1 Å². The molecule has 1 fully saturated rings. The lowest BCUT2D eigenvalue weighted by Crippen LogP contribution is -2.36. The predicted octanol–water partition coefficient (Wildman–Crippen LogP) is 2.45. The van der Waals surface area contributed by atoms with Crippen LogP contribution in [-0.2, 0) is 4.79 Å². The molecular formula is C14H28N2O. The van der Waals surface area contributed by atoms with E-state index in [9.17, 15) is 4.79 Å². The van der Waals surface area contributed by atoms with E-state index in [1.807, 2.05) is 13.8 Å².